The minimum Gasteiger partial charge on any atom is -0.495 e. The van der Waals surface area contributed by atoms with Crippen molar-refractivity contribution in [2.75, 3.05) is 20.2 Å². The summed E-state index contributed by atoms with van der Waals surface area (Å²) in [4.78, 5) is 14.2. The van der Waals surface area contributed by atoms with Crippen LogP contribution in [-0.2, 0) is 4.74 Å². The van der Waals surface area contributed by atoms with E-state index in [4.69, 9.17) is 19.5 Å². The lowest BCUT2D eigenvalue weighted by atomic mass is 9.98. The molecule has 2 aliphatic rings. The Labute approximate surface area is 189 Å². The minimum atomic E-state index is -0.470. The van der Waals surface area contributed by atoms with Gasteiger partial charge in [0.25, 0.3) is 0 Å². The normalized spacial score (nSPS) is 19.7. The third kappa shape index (κ3) is 4.72. The number of ether oxygens (including phenoxy) is 3. The molecule has 1 heterocycles. The summed E-state index contributed by atoms with van der Waals surface area (Å²) in [6.45, 7) is 7.13. The number of rotatable bonds is 4. The van der Waals surface area contributed by atoms with E-state index in [9.17, 15) is 4.79 Å². The average molecular weight is 433 g/mol. The molecular weight excluding hydrogens is 404 g/mol. The van der Waals surface area contributed by atoms with Gasteiger partial charge in [-0.15, -0.1) is 0 Å². The van der Waals surface area contributed by atoms with Crippen molar-refractivity contribution >= 4 is 11.7 Å². The molecule has 2 atom stereocenters. The monoisotopic (exact) mass is 432 g/mol. The van der Waals surface area contributed by atoms with E-state index in [0.29, 0.717) is 35.4 Å². The molecule has 1 amide bonds. The van der Waals surface area contributed by atoms with Gasteiger partial charge in [0.15, 0.2) is 0 Å². The third-order valence-corrected chi connectivity index (χ3v) is 5.79. The van der Waals surface area contributed by atoms with Crippen molar-refractivity contribution in [2.45, 2.75) is 32.8 Å². The lowest BCUT2D eigenvalue weighted by Crippen LogP contribution is -2.35. The number of carbonyl (C=O) groups excluding carboxylic acids is 1. The quantitative estimate of drug-likeness (QED) is 0.626. The van der Waals surface area contributed by atoms with E-state index in [1.54, 1.807) is 18.2 Å². The number of hydrogen-bond acceptors (Lipinski definition) is 5. The molecule has 0 spiro atoms. The van der Waals surface area contributed by atoms with Gasteiger partial charge in [0.05, 0.1) is 12.7 Å². The van der Waals surface area contributed by atoms with Crippen LogP contribution in [0.15, 0.2) is 48.5 Å². The lowest BCUT2D eigenvalue weighted by molar-refractivity contribution is 0.0285. The van der Waals surface area contributed by atoms with Crippen molar-refractivity contribution in [3.8, 4) is 23.3 Å². The Morgan fingerprint density at radius 1 is 1.09 bits per heavy atom. The van der Waals surface area contributed by atoms with E-state index in [1.165, 1.54) is 18.2 Å². The number of methoxy groups -OCH3 is 1. The molecule has 1 unspecified atom stereocenters. The zero-order chi connectivity index (χ0) is 22.9. The Hall–Kier alpha value is -3.46. The van der Waals surface area contributed by atoms with Crippen molar-refractivity contribution in [3.05, 3.63) is 59.7 Å². The second kappa shape index (κ2) is 8.58. The summed E-state index contributed by atoms with van der Waals surface area (Å²) in [7, 11) is 1.53. The highest BCUT2D eigenvalue weighted by Gasteiger charge is 2.39. The minimum absolute atomic E-state index is 0.220. The molecule has 0 radical (unpaired) electrons. The first-order valence-electron chi connectivity index (χ1n) is 10.8. The Bertz CT molecular complexity index is 1080. The first-order chi connectivity index (χ1) is 15.3. The number of nitrogens with zero attached hydrogens (tertiary/aromatic N) is 2. The number of amides is 1. The molecule has 1 aliphatic carbocycles. The van der Waals surface area contributed by atoms with Crippen LogP contribution in [0.2, 0.25) is 0 Å². The van der Waals surface area contributed by atoms with Gasteiger partial charge in [0.1, 0.15) is 28.9 Å². The van der Waals surface area contributed by atoms with Crippen molar-refractivity contribution < 1.29 is 19.0 Å². The Kier molecular flexibility index (Phi) is 5.84. The molecule has 0 aromatic heterocycles. The Morgan fingerprint density at radius 2 is 1.81 bits per heavy atom. The average Bonchev–Trinajstić information content (AvgIpc) is 3.32. The van der Waals surface area contributed by atoms with Crippen LogP contribution in [0.3, 0.4) is 0 Å². The second-order valence-electron chi connectivity index (χ2n) is 9.31. The van der Waals surface area contributed by atoms with Gasteiger partial charge in [-0.2, -0.15) is 5.26 Å². The fourth-order valence-corrected chi connectivity index (χ4v) is 4.30. The van der Waals surface area contributed by atoms with Crippen LogP contribution in [0.5, 0.6) is 17.2 Å². The summed E-state index contributed by atoms with van der Waals surface area (Å²) in [5, 5.41) is 9.11. The molecule has 6 nitrogen and oxygen atoms in total. The summed E-state index contributed by atoms with van der Waals surface area (Å²) in [6.07, 6.45) is 3.04. The summed E-state index contributed by atoms with van der Waals surface area (Å²) < 4.78 is 16.7. The van der Waals surface area contributed by atoms with Crippen LogP contribution in [0.1, 0.15) is 38.3 Å². The van der Waals surface area contributed by atoms with Gasteiger partial charge in [-0.25, -0.2) is 4.79 Å². The molecule has 1 fully saturated rings. The van der Waals surface area contributed by atoms with Crippen LogP contribution in [-0.4, -0.2) is 36.8 Å². The van der Waals surface area contributed by atoms with Gasteiger partial charge in [-0.05, 0) is 74.4 Å². The highest BCUT2D eigenvalue weighted by Crippen LogP contribution is 2.41. The first-order valence-corrected chi connectivity index (χ1v) is 10.8. The van der Waals surface area contributed by atoms with E-state index in [1.807, 2.05) is 37.8 Å². The Morgan fingerprint density at radius 3 is 2.44 bits per heavy atom. The highest BCUT2D eigenvalue weighted by atomic mass is 16.6. The summed E-state index contributed by atoms with van der Waals surface area (Å²) in [6, 6.07) is 15.3. The van der Waals surface area contributed by atoms with Gasteiger partial charge in [-0.3, -0.25) is 0 Å². The predicted octanol–water partition coefficient (Wildman–Crippen LogP) is 5.63. The maximum Gasteiger partial charge on any atom is 0.410 e. The molecule has 2 aromatic rings. The fourth-order valence-electron chi connectivity index (χ4n) is 4.30. The van der Waals surface area contributed by atoms with Crippen LogP contribution in [0.4, 0.5) is 4.79 Å². The van der Waals surface area contributed by atoms with Gasteiger partial charge < -0.3 is 19.1 Å². The second-order valence-corrected chi connectivity index (χ2v) is 9.31. The highest BCUT2D eigenvalue weighted by molar-refractivity contribution is 5.72. The van der Waals surface area contributed by atoms with Crippen molar-refractivity contribution in [1.29, 1.82) is 5.26 Å². The molecule has 1 aliphatic heterocycles. The standard InChI is InChI=1S/C26H28N2O4/c1-26(2,3)32-25(29)28-15-20-11-19(12-21(20)16-28)17-5-8-22(9-6-17)31-23-10-7-18(14-27)24(13-23)30-4/h5-11,13,20-21H,12,15-16H2,1-4H3/t20-,21?/m0/s1. The molecule has 2 aromatic carbocycles. The Balaban J connectivity index is 1.39. The molecular formula is C26H28N2O4. The van der Waals surface area contributed by atoms with E-state index in [-0.39, 0.29) is 6.09 Å². The SMILES string of the molecule is COc1cc(Oc2ccc(C3=C[C@H]4CN(C(=O)OC(C)(C)C)CC4C3)cc2)ccc1C#N. The number of hydrogen-bond donors (Lipinski definition) is 0. The predicted molar refractivity (Wildman–Crippen MR) is 122 cm³/mol. The van der Waals surface area contributed by atoms with Crippen LogP contribution in [0, 0.1) is 23.2 Å². The van der Waals surface area contributed by atoms with Crippen molar-refractivity contribution in [1.82, 2.24) is 4.90 Å². The number of carbonyl (C=O) groups is 1. The van der Waals surface area contributed by atoms with Gasteiger partial charge >= 0.3 is 6.09 Å². The number of nitriles is 1. The molecule has 32 heavy (non-hydrogen) atoms. The first kappa shape index (κ1) is 21.8. The van der Waals surface area contributed by atoms with Crippen LogP contribution >= 0.6 is 0 Å². The number of allylic oxidation sites excluding steroid dienone is 1. The zero-order valence-corrected chi connectivity index (χ0v) is 18.9. The summed E-state index contributed by atoms with van der Waals surface area (Å²) >= 11 is 0. The maximum atomic E-state index is 12.4. The van der Waals surface area contributed by atoms with E-state index < -0.39 is 5.60 Å². The molecule has 1 saturated heterocycles. The van der Waals surface area contributed by atoms with E-state index in [0.717, 1.165) is 18.7 Å². The third-order valence-electron chi connectivity index (χ3n) is 5.79. The van der Waals surface area contributed by atoms with E-state index >= 15 is 0 Å². The lowest BCUT2D eigenvalue weighted by Gasteiger charge is -2.24. The molecule has 0 saturated carbocycles. The summed E-state index contributed by atoms with van der Waals surface area (Å²) in [5.74, 6) is 2.64. The van der Waals surface area contributed by atoms with Gasteiger partial charge in [-0.1, -0.05) is 18.2 Å². The maximum absolute atomic E-state index is 12.4. The van der Waals surface area contributed by atoms with Gasteiger partial charge in [0, 0.05) is 19.2 Å². The number of benzene rings is 2. The number of likely N-dealkylation sites (tertiary alicyclic amines) is 1. The largest absolute Gasteiger partial charge is 0.495 e. The topological polar surface area (TPSA) is 71.8 Å². The van der Waals surface area contributed by atoms with Crippen LogP contribution < -0.4 is 9.47 Å². The summed E-state index contributed by atoms with van der Waals surface area (Å²) in [5.41, 5.74) is 2.49. The van der Waals surface area contributed by atoms with E-state index in [2.05, 4.69) is 24.3 Å². The number of fused-ring (bicyclic) bond motifs is 1. The van der Waals surface area contributed by atoms with Crippen LogP contribution in [0.25, 0.3) is 5.57 Å². The molecule has 4 rings (SSSR count). The smallest absolute Gasteiger partial charge is 0.410 e. The molecule has 6 heteroatoms. The zero-order valence-electron chi connectivity index (χ0n) is 18.9. The van der Waals surface area contributed by atoms with Crippen molar-refractivity contribution in [3.63, 3.8) is 0 Å². The molecule has 0 bridgehead atoms. The van der Waals surface area contributed by atoms with Crippen molar-refractivity contribution in [2.24, 2.45) is 11.8 Å². The van der Waals surface area contributed by atoms with Gasteiger partial charge in [0.2, 0.25) is 0 Å². The fraction of sp³-hybridized carbons (Fsp3) is 0.385. The molecule has 0 N–H and O–H groups in total. The molecule has 166 valence electrons.